The van der Waals surface area contributed by atoms with E-state index in [9.17, 15) is 0 Å². The average molecular weight is 534 g/mol. The van der Waals surface area contributed by atoms with Crippen molar-refractivity contribution in [3.8, 4) is 11.5 Å². The lowest BCUT2D eigenvalue weighted by atomic mass is 10.2. The fourth-order valence-corrected chi connectivity index (χ4v) is 3.99. The van der Waals surface area contributed by atoms with Gasteiger partial charge in [0.15, 0.2) is 11.5 Å². The minimum atomic E-state index is 0.618. The lowest BCUT2D eigenvalue weighted by Crippen LogP contribution is -2.37. The summed E-state index contributed by atoms with van der Waals surface area (Å²) in [7, 11) is 1.65. The summed E-state index contributed by atoms with van der Waals surface area (Å²) in [5.74, 6) is 2.12. The number of allylic oxidation sites excluding steroid dienone is 5. The Balaban J connectivity index is 1.49. The van der Waals surface area contributed by atoms with Gasteiger partial charge in [-0.3, -0.25) is 4.90 Å². The fourth-order valence-electron chi connectivity index (χ4n) is 3.55. The molecule has 4 rings (SSSR count). The van der Waals surface area contributed by atoms with E-state index in [1.807, 2.05) is 12.1 Å². The first kappa shape index (κ1) is 22.0. The number of methoxy groups -OCH3 is 1. The number of nitrogens with zero attached hydrogens (tertiary/aromatic N) is 3. The highest BCUT2D eigenvalue weighted by molar-refractivity contribution is 14.1. The molecule has 2 aliphatic rings. The number of benzene rings is 1. The zero-order chi connectivity index (χ0) is 21.5. The second kappa shape index (κ2) is 10.9. The second-order valence-corrected chi connectivity index (χ2v) is 8.75. The van der Waals surface area contributed by atoms with Crippen LogP contribution in [0.5, 0.6) is 11.5 Å². The van der Waals surface area contributed by atoms with Crippen LogP contribution < -0.4 is 14.8 Å². The Morgan fingerprint density at radius 1 is 1.16 bits per heavy atom. The maximum Gasteiger partial charge on any atom is 0.162 e. The highest BCUT2D eigenvalue weighted by atomic mass is 127. The average Bonchev–Trinajstić information content (AvgIpc) is 3.01. The van der Waals surface area contributed by atoms with Gasteiger partial charge in [0, 0.05) is 36.8 Å². The van der Waals surface area contributed by atoms with Crippen LogP contribution in [0.15, 0.2) is 52.0 Å². The number of nitrogens with one attached hydrogen (secondary N) is 1. The van der Waals surface area contributed by atoms with E-state index in [0.717, 1.165) is 68.1 Å². The van der Waals surface area contributed by atoms with Gasteiger partial charge in [0.25, 0.3) is 0 Å². The van der Waals surface area contributed by atoms with Crippen molar-refractivity contribution in [1.29, 1.82) is 0 Å². The van der Waals surface area contributed by atoms with Crippen molar-refractivity contribution in [2.24, 2.45) is 0 Å². The van der Waals surface area contributed by atoms with E-state index in [1.165, 1.54) is 3.58 Å². The molecule has 164 valence electrons. The van der Waals surface area contributed by atoms with Crippen molar-refractivity contribution in [3.05, 3.63) is 52.0 Å². The number of hydrogen-bond donors (Lipinski definition) is 1. The molecule has 1 aliphatic carbocycles. The summed E-state index contributed by atoms with van der Waals surface area (Å²) in [5, 5.41) is 4.31. The molecule has 0 spiro atoms. The molecule has 1 aromatic heterocycles. The summed E-state index contributed by atoms with van der Waals surface area (Å²) < 4.78 is 18.3. The van der Waals surface area contributed by atoms with Crippen molar-refractivity contribution in [2.45, 2.75) is 12.8 Å². The highest BCUT2D eigenvalue weighted by Crippen LogP contribution is 2.34. The quantitative estimate of drug-likeness (QED) is 0.400. The van der Waals surface area contributed by atoms with E-state index in [4.69, 9.17) is 14.2 Å². The molecule has 1 N–H and O–H groups in total. The lowest BCUT2D eigenvalue weighted by Gasteiger charge is -2.26. The molecule has 1 saturated heterocycles. The van der Waals surface area contributed by atoms with Gasteiger partial charge in [-0.2, -0.15) is 0 Å². The van der Waals surface area contributed by atoms with E-state index in [1.54, 1.807) is 13.4 Å². The topological polar surface area (TPSA) is 68.7 Å². The first-order valence-electron chi connectivity index (χ1n) is 10.5. The summed E-state index contributed by atoms with van der Waals surface area (Å²) in [4.78, 5) is 11.3. The number of rotatable bonds is 8. The number of anilines is 1. The molecule has 1 aliphatic heterocycles. The van der Waals surface area contributed by atoms with Crippen molar-refractivity contribution in [1.82, 2.24) is 14.9 Å². The van der Waals surface area contributed by atoms with Crippen LogP contribution in [0, 0.1) is 0 Å². The third kappa shape index (κ3) is 5.96. The third-order valence-electron chi connectivity index (χ3n) is 5.22. The van der Waals surface area contributed by atoms with Crippen LogP contribution in [0.1, 0.15) is 12.8 Å². The van der Waals surface area contributed by atoms with Gasteiger partial charge in [-0.1, -0.05) is 12.2 Å². The van der Waals surface area contributed by atoms with E-state index < -0.39 is 0 Å². The molecule has 0 atom stereocenters. The molecular formula is C23H27IN4O3. The highest BCUT2D eigenvalue weighted by Gasteiger charge is 2.13. The molecule has 0 radical (unpaired) electrons. The number of morpholine rings is 1. The maximum atomic E-state index is 6.10. The Kier molecular flexibility index (Phi) is 7.76. The van der Waals surface area contributed by atoms with Crippen LogP contribution in [-0.4, -0.2) is 61.4 Å². The van der Waals surface area contributed by atoms with Crippen molar-refractivity contribution >= 4 is 39.3 Å². The van der Waals surface area contributed by atoms with E-state index in [-0.39, 0.29) is 0 Å². The molecule has 1 aromatic carbocycles. The monoisotopic (exact) mass is 534 g/mol. The largest absolute Gasteiger partial charge is 0.493 e. The second-order valence-electron chi connectivity index (χ2n) is 7.37. The standard InChI is InChI=1S/C23H27IN4O3/c1-29-21-15-20-19(14-22(21)31-11-3-8-28-9-12-30-13-10-28)23(26-16-25-20)27-18-5-2-4-17(24)6-7-18/h2,5-7,14-16H,3-4,8-13H2,1H3,(H,25,26,27). The minimum Gasteiger partial charge on any atom is -0.493 e. The summed E-state index contributed by atoms with van der Waals surface area (Å²) in [5.41, 5.74) is 1.79. The molecule has 31 heavy (non-hydrogen) atoms. The molecule has 0 amide bonds. The van der Waals surface area contributed by atoms with Crippen molar-refractivity contribution in [2.75, 3.05) is 51.9 Å². The molecule has 8 heteroatoms. The van der Waals surface area contributed by atoms with Gasteiger partial charge < -0.3 is 19.5 Å². The fraction of sp³-hybridized carbons (Fsp3) is 0.391. The predicted octanol–water partition coefficient (Wildman–Crippen LogP) is 4.31. The molecule has 2 heterocycles. The molecule has 0 unspecified atom stereocenters. The first-order valence-corrected chi connectivity index (χ1v) is 11.6. The minimum absolute atomic E-state index is 0.618. The van der Waals surface area contributed by atoms with Gasteiger partial charge in [-0.05, 0) is 57.2 Å². The summed E-state index contributed by atoms with van der Waals surface area (Å²) >= 11 is 2.35. The van der Waals surface area contributed by atoms with Crippen LogP contribution in [0.4, 0.5) is 5.82 Å². The Bertz CT molecular complexity index is 1000. The number of fused-ring (bicyclic) bond motifs is 1. The molecule has 0 saturated carbocycles. The lowest BCUT2D eigenvalue weighted by molar-refractivity contribution is 0.0357. The van der Waals surface area contributed by atoms with Crippen LogP contribution >= 0.6 is 22.6 Å². The smallest absolute Gasteiger partial charge is 0.162 e. The summed E-state index contributed by atoms with van der Waals surface area (Å²) in [6.45, 7) is 5.23. The number of aromatic nitrogens is 2. The zero-order valence-electron chi connectivity index (χ0n) is 17.6. The number of ether oxygens (including phenoxy) is 3. The predicted molar refractivity (Wildman–Crippen MR) is 131 cm³/mol. The Morgan fingerprint density at radius 3 is 2.87 bits per heavy atom. The molecule has 0 bridgehead atoms. The first-order chi connectivity index (χ1) is 15.2. The Hall–Kier alpha value is -2.17. The maximum absolute atomic E-state index is 6.10. The van der Waals surface area contributed by atoms with Gasteiger partial charge in [-0.15, -0.1) is 0 Å². The van der Waals surface area contributed by atoms with Crippen LogP contribution in [-0.2, 0) is 4.74 Å². The van der Waals surface area contributed by atoms with Gasteiger partial charge in [0.05, 0.1) is 32.4 Å². The Morgan fingerprint density at radius 2 is 2.03 bits per heavy atom. The normalized spacial score (nSPS) is 17.1. The number of hydrogen-bond acceptors (Lipinski definition) is 7. The SMILES string of the molecule is COc1cc2ncnc(NC3=CC=C(I)CC=C3)c2cc1OCCCN1CCOCC1. The third-order valence-corrected chi connectivity index (χ3v) is 6.02. The van der Waals surface area contributed by atoms with Gasteiger partial charge >= 0.3 is 0 Å². The zero-order valence-corrected chi connectivity index (χ0v) is 19.8. The van der Waals surface area contributed by atoms with Crippen molar-refractivity contribution < 1.29 is 14.2 Å². The van der Waals surface area contributed by atoms with E-state index >= 15 is 0 Å². The summed E-state index contributed by atoms with van der Waals surface area (Å²) in [6.07, 6.45) is 11.8. The van der Waals surface area contributed by atoms with Crippen molar-refractivity contribution in [3.63, 3.8) is 0 Å². The van der Waals surface area contributed by atoms with Crippen LogP contribution in [0.3, 0.4) is 0 Å². The van der Waals surface area contributed by atoms with E-state index in [2.05, 4.69) is 67.1 Å². The van der Waals surface area contributed by atoms with Crippen LogP contribution in [0.2, 0.25) is 0 Å². The molecule has 2 aromatic rings. The van der Waals surface area contributed by atoms with Gasteiger partial charge in [-0.25, -0.2) is 9.97 Å². The molecular weight excluding hydrogens is 507 g/mol. The van der Waals surface area contributed by atoms with Gasteiger partial charge in [0.2, 0.25) is 0 Å². The van der Waals surface area contributed by atoms with E-state index in [0.29, 0.717) is 18.1 Å². The molecule has 7 nitrogen and oxygen atoms in total. The Labute approximate surface area is 196 Å². The number of halogens is 1. The summed E-state index contributed by atoms with van der Waals surface area (Å²) in [6, 6.07) is 3.87. The van der Waals surface area contributed by atoms with Gasteiger partial charge in [0.1, 0.15) is 12.1 Å². The van der Waals surface area contributed by atoms with Crippen LogP contribution in [0.25, 0.3) is 10.9 Å². The molecule has 1 fully saturated rings.